The number of carbonyl (C=O) groups excluding carboxylic acids is 2. The van der Waals surface area contributed by atoms with Gasteiger partial charge in [0.1, 0.15) is 18.3 Å². The molecule has 5 atom stereocenters. The molecule has 10 heteroatoms. The van der Waals surface area contributed by atoms with Crippen molar-refractivity contribution < 1.29 is 24.2 Å². The van der Waals surface area contributed by atoms with Crippen LogP contribution < -0.4 is 41.5 Å². The average Bonchev–Trinajstić information content (AvgIpc) is 3.94. The Balaban J connectivity index is 0.00000683. The van der Waals surface area contributed by atoms with E-state index in [-0.39, 0.29) is 59.6 Å². The summed E-state index contributed by atoms with van der Waals surface area (Å²) in [6.07, 6.45) is 18.7. The summed E-state index contributed by atoms with van der Waals surface area (Å²) in [4.78, 5) is 42.3. The molecule has 3 aromatic rings. The van der Waals surface area contributed by atoms with Gasteiger partial charge >= 0.3 is 35.0 Å². The van der Waals surface area contributed by atoms with Gasteiger partial charge < -0.3 is 34.8 Å². The van der Waals surface area contributed by atoms with Gasteiger partial charge in [-0.25, -0.2) is 0 Å². The third-order valence-corrected chi connectivity index (χ3v) is 13.2. The van der Waals surface area contributed by atoms with Gasteiger partial charge in [-0.1, -0.05) is 119 Å². The Morgan fingerprint density at radius 2 is 1.63 bits per heavy atom. The quantitative estimate of drug-likeness (QED) is 0.101. The largest absolute Gasteiger partial charge is 2.00 e. The Kier molecular flexibility index (Phi) is 15.7. The SMILES string of the molecule is C=Cc1c2[n-]c(c1C)/C=C1\NC(C3=c4[n-]c(c(C)c4=C(O)[C@@H]3C(=O)OC)/C=c3\[n-]/c(c(C)c3CC)=C\2)[C@@H](CCC(=O)OC/C=C(/C)CCC[C@H](C)CCCC(C)C)[C@@H]1C.[Mg+2]. The van der Waals surface area contributed by atoms with E-state index in [2.05, 4.69) is 73.4 Å². The fourth-order valence-electron chi connectivity index (χ4n) is 9.51. The molecule has 9 nitrogen and oxygen atoms in total. The Labute approximate surface area is 372 Å². The van der Waals surface area contributed by atoms with Gasteiger partial charge in [0, 0.05) is 23.3 Å². The number of nitrogens with one attached hydrogen (secondary N) is 1. The Bertz CT molecular complexity index is 2410. The van der Waals surface area contributed by atoms with Gasteiger partial charge in [0.2, 0.25) is 0 Å². The molecule has 0 spiro atoms. The molecule has 1 saturated heterocycles. The third-order valence-electron chi connectivity index (χ3n) is 13.2. The second kappa shape index (κ2) is 20.1. The number of aromatic nitrogens is 3. The Morgan fingerprint density at radius 1 is 0.933 bits per heavy atom. The molecular formula is C50H65MgN4O5-. The molecule has 5 heterocycles. The molecule has 1 aliphatic carbocycles. The number of carbonyl (C=O) groups is 2. The van der Waals surface area contributed by atoms with Crippen LogP contribution in [0.1, 0.15) is 138 Å². The Hall–Kier alpha value is -4.15. The van der Waals surface area contributed by atoms with Gasteiger partial charge in [0.15, 0.2) is 0 Å². The van der Waals surface area contributed by atoms with Crippen LogP contribution in [0.4, 0.5) is 0 Å². The number of ether oxygens (including phenoxy) is 2. The number of aliphatic hydroxyl groups excluding tert-OH is 1. The van der Waals surface area contributed by atoms with Gasteiger partial charge in [-0.15, -0.1) is 33.1 Å². The molecule has 8 bridgehead atoms. The van der Waals surface area contributed by atoms with Gasteiger partial charge in [0.05, 0.1) is 13.2 Å². The average molecular weight is 826 g/mol. The van der Waals surface area contributed by atoms with Crippen LogP contribution in [0.2, 0.25) is 0 Å². The zero-order valence-corrected chi connectivity index (χ0v) is 39.2. The topological polar surface area (TPSA) is 127 Å². The number of esters is 2. The predicted molar refractivity (Wildman–Crippen MR) is 243 cm³/mol. The first-order valence-corrected chi connectivity index (χ1v) is 21.8. The van der Waals surface area contributed by atoms with E-state index in [1.54, 1.807) is 0 Å². The first-order chi connectivity index (χ1) is 28.2. The molecule has 1 fully saturated rings. The smallest absolute Gasteiger partial charge is 0.657 e. The van der Waals surface area contributed by atoms with E-state index in [0.29, 0.717) is 28.3 Å². The Morgan fingerprint density at radius 3 is 2.32 bits per heavy atom. The van der Waals surface area contributed by atoms with Crippen molar-refractivity contribution in [1.29, 1.82) is 0 Å². The van der Waals surface area contributed by atoms with Crippen LogP contribution in [-0.2, 0) is 25.5 Å². The van der Waals surface area contributed by atoms with Gasteiger partial charge in [-0.2, -0.15) is 0 Å². The molecule has 0 saturated carbocycles. The molecule has 3 aliphatic rings. The summed E-state index contributed by atoms with van der Waals surface area (Å²) in [6.45, 7) is 23.7. The standard InChI is InChI=1S/C50H65N4O5.Mg/c1-12-34-30(7)37-24-39-32(9)36(20-21-43(55)59-23-22-29(6)19-15-18-28(5)17-14-16-27(3)4)47(53-39)45-46(50(57)58-11)49(56)44-33(10)40(54-48(44)45)26-42-35(13-2)31(8)38(52-42)25-41(34)51-37;/h12,22,24-28,32,36,46-47,53,56H,1,13-21,23H2,2-11H3;/q-3;+2/b29-22-,38-25-,39-24-,42-26-;/t28-,32+,36+,46-,47?;/m1./s1. The molecule has 60 heavy (non-hydrogen) atoms. The molecule has 2 N–H and O–H groups in total. The van der Waals surface area contributed by atoms with Crippen LogP contribution in [0, 0.1) is 50.4 Å². The molecule has 6 rings (SSSR count). The molecule has 318 valence electrons. The van der Waals surface area contributed by atoms with Crippen molar-refractivity contribution >= 4 is 70.6 Å². The number of nitrogens with zero attached hydrogens (tertiary/aromatic N) is 3. The van der Waals surface area contributed by atoms with E-state index in [1.165, 1.54) is 38.4 Å². The van der Waals surface area contributed by atoms with Crippen LogP contribution in [0.25, 0.3) is 35.6 Å². The molecule has 0 radical (unpaired) electrons. The fraction of sp³-hybridized carbons (Fsp3) is 0.520. The summed E-state index contributed by atoms with van der Waals surface area (Å²) in [6, 6.07) is -0.446. The fourth-order valence-corrected chi connectivity index (χ4v) is 9.51. The van der Waals surface area contributed by atoms with Crippen molar-refractivity contribution in [2.75, 3.05) is 13.7 Å². The van der Waals surface area contributed by atoms with Crippen molar-refractivity contribution in [1.82, 2.24) is 20.3 Å². The number of hydrogen-bond donors (Lipinski definition) is 2. The summed E-state index contributed by atoms with van der Waals surface area (Å²) >= 11 is 0. The van der Waals surface area contributed by atoms with Gasteiger partial charge in [-0.05, 0) is 88.3 Å². The van der Waals surface area contributed by atoms with Crippen molar-refractivity contribution in [2.24, 2.45) is 29.6 Å². The second-order valence-corrected chi connectivity index (χ2v) is 17.7. The number of hydrogen-bond acceptors (Lipinski definition) is 6. The summed E-state index contributed by atoms with van der Waals surface area (Å²) in [5.74, 6) is -0.656. The first-order valence-electron chi connectivity index (χ1n) is 21.8. The summed E-state index contributed by atoms with van der Waals surface area (Å²) in [5, 5.41) is 18.4. The van der Waals surface area contributed by atoms with Crippen LogP contribution in [0.5, 0.6) is 0 Å². The third kappa shape index (κ3) is 9.65. The zero-order valence-electron chi connectivity index (χ0n) is 37.8. The van der Waals surface area contributed by atoms with E-state index < -0.39 is 17.9 Å². The molecule has 3 aromatic heterocycles. The summed E-state index contributed by atoms with van der Waals surface area (Å²) in [5.41, 5.74) is 10.0. The van der Waals surface area contributed by atoms with Gasteiger partial charge in [-0.3, -0.25) is 9.59 Å². The van der Waals surface area contributed by atoms with E-state index in [0.717, 1.165) is 86.7 Å². The minimum absolute atomic E-state index is 0. The summed E-state index contributed by atoms with van der Waals surface area (Å²) in [7, 11) is 1.34. The minimum Gasteiger partial charge on any atom is -0.657 e. The van der Waals surface area contributed by atoms with Gasteiger partial charge in [0.25, 0.3) is 0 Å². The van der Waals surface area contributed by atoms with Crippen LogP contribution in [0.15, 0.2) is 23.9 Å². The number of allylic oxidation sites excluding steroid dienone is 2. The first kappa shape index (κ1) is 46.9. The second-order valence-electron chi connectivity index (χ2n) is 17.7. The van der Waals surface area contributed by atoms with Crippen LogP contribution in [0.3, 0.4) is 0 Å². The monoisotopic (exact) mass is 825 g/mol. The van der Waals surface area contributed by atoms with E-state index in [4.69, 9.17) is 24.4 Å². The van der Waals surface area contributed by atoms with Crippen molar-refractivity contribution in [3.63, 3.8) is 0 Å². The maximum absolute atomic E-state index is 13.6. The molecular weight excluding hydrogens is 761 g/mol. The number of fused-ring (bicyclic) bond motifs is 8. The van der Waals surface area contributed by atoms with Crippen LogP contribution in [-0.4, -0.2) is 59.9 Å². The number of aliphatic hydroxyl groups is 1. The number of rotatable bonds is 16. The zero-order chi connectivity index (χ0) is 42.7. The van der Waals surface area contributed by atoms with E-state index in [1.807, 2.05) is 31.2 Å². The molecule has 0 aromatic carbocycles. The van der Waals surface area contributed by atoms with Crippen molar-refractivity contribution in [2.45, 2.75) is 126 Å². The predicted octanol–water partition coefficient (Wildman–Crippen LogP) is 6.07. The van der Waals surface area contributed by atoms with E-state index in [9.17, 15) is 14.7 Å². The minimum atomic E-state index is -1.04. The van der Waals surface area contributed by atoms with E-state index >= 15 is 0 Å². The maximum Gasteiger partial charge on any atom is 2.00 e. The maximum atomic E-state index is 13.6. The normalized spacial score (nSPS) is 21.9. The molecule has 2 aliphatic heterocycles. The van der Waals surface area contributed by atoms with Crippen LogP contribution >= 0.6 is 0 Å². The molecule has 1 unspecified atom stereocenters. The van der Waals surface area contributed by atoms with Crippen molar-refractivity contribution in [3.05, 3.63) is 90.1 Å². The molecule has 0 amide bonds. The number of methoxy groups -OCH3 is 1. The van der Waals surface area contributed by atoms with Crippen molar-refractivity contribution in [3.8, 4) is 0 Å². The summed E-state index contributed by atoms with van der Waals surface area (Å²) < 4.78 is 11.1.